The van der Waals surface area contributed by atoms with Gasteiger partial charge in [-0.3, -0.25) is 4.79 Å². The highest BCUT2D eigenvalue weighted by Gasteiger charge is 2.35. The highest BCUT2D eigenvalue weighted by Crippen LogP contribution is 2.36. The number of hydrogen-bond donors (Lipinski definition) is 1. The lowest BCUT2D eigenvalue weighted by Crippen LogP contribution is -2.48. The van der Waals surface area contributed by atoms with E-state index in [1.807, 2.05) is 36.4 Å². The van der Waals surface area contributed by atoms with Gasteiger partial charge < -0.3 is 10.2 Å². The van der Waals surface area contributed by atoms with E-state index in [9.17, 15) is 13.6 Å². The summed E-state index contributed by atoms with van der Waals surface area (Å²) < 4.78 is 28.0. The topological polar surface area (TPSA) is 32.3 Å². The molecule has 140 valence electrons. The van der Waals surface area contributed by atoms with Crippen LogP contribution >= 0.6 is 0 Å². The number of amides is 1. The molecular formula is C22H22F2N2O. The molecule has 2 atom stereocenters. The minimum atomic E-state index is -0.484. The predicted molar refractivity (Wildman–Crippen MR) is 101 cm³/mol. The minimum absolute atomic E-state index is 0.0200. The maximum Gasteiger partial charge on any atom is 0.240 e. The maximum atomic E-state index is 14.3. The van der Waals surface area contributed by atoms with Gasteiger partial charge in [0.05, 0.1) is 12.1 Å². The summed E-state index contributed by atoms with van der Waals surface area (Å²) in [5, 5.41) is 3.29. The molecule has 1 saturated heterocycles. The highest BCUT2D eigenvalue weighted by atomic mass is 19.1. The molecular weight excluding hydrogens is 346 g/mol. The first-order valence-electron chi connectivity index (χ1n) is 9.38. The van der Waals surface area contributed by atoms with Crippen molar-refractivity contribution in [3.63, 3.8) is 0 Å². The van der Waals surface area contributed by atoms with Crippen molar-refractivity contribution < 1.29 is 13.6 Å². The SMILES string of the molecule is O=C([C@@H]1CCCCN1)N1CC(c2cc(F)ccc2F)=CC1c1ccccc1. The van der Waals surface area contributed by atoms with E-state index in [4.69, 9.17) is 0 Å². The molecule has 2 aromatic carbocycles. The van der Waals surface area contributed by atoms with Gasteiger partial charge in [0, 0.05) is 12.1 Å². The quantitative estimate of drug-likeness (QED) is 0.886. The fourth-order valence-corrected chi connectivity index (χ4v) is 3.94. The highest BCUT2D eigenvalue weighted by molar-refractivity contribution is 5.87. The second-order valence-electron chi connectivity index (χ2n) is 7.14. The van der Waals surface area contributed by atoms with Crippen molar-refractivity contribution in [3.05, 3.63) is 77.4 Å². The van der Waals surface area contributed by atoms with E-state index < -0.39 is 11.6 Å². The first-order chi connectivity index (χ1) is 13.1. The van der Waals surface area contributed by atoms with Crippen molar-refractivity contribution in [2.24, 2.45) is 0 Å². The number of carbonyl (C=O) groups is 1. The van der Waals surface area contributed by atoms with E-state index in [1.54, 1.807) is 4.90 Å². The molecule has 1 fully saturated rings. The van der Waals surface area contributed by atoms with E-state index in [0.717, 1.165) is 43.5 Å². The first kappa shape index (κ1) is 17.9. The monoisotopic (exact) mass is 368 g/mol. The first-order valence-corrected chi connectivity index (χ1v) is 9.38. The lowest BCUT2D eigenvalue weighted by Gasteiger charge is -2.31. The molecule has 5 heteroatoms. The predicted octanol–water partition coefficient (Wildman–Crippen LogP) is 4.07. The number of rotatable bonds is 3. The molecule has 0 aliphatic carbocycles. The Bertz CT molecular complexity index is 860. The molecule has 4 rings (SSSR count). The zero-order valence-corrected chi connectivity index (χ0v) is 15.0. The molecule has 0 aromatic heterocycles. The van der Waals surface area contributed by atoms with Crippen LogP contribution in [0, 0.1) is 11.6 Å². The second-order valence-corrected chi connectivity index (χ2v) is 7.14. The Morgan fingerprint density at radius 2 is 1.89 bits per heavy atom. The van der Waals surface area contributed by atoms with Crippen molar-refractivity contribution in [2.75, 3.05) is 13.1 Å². The van der Waals surface area contributed by atoms with Crippen LogP contribution in [0.3, 0.4) is 0 Å². The average Bonchev–Trinajstić information content (AvgIpc) is 3.16. The van der Waals surface area contributed by atoms with E-state index in [2.05, 4.69) is 5.32 Å². The van der Waals surface area contributed by atoms with Gasteiger partial charge in [-0.05, 0) is 48.7 Å². The van der Waals surface area contributed by atoms with Crippen molar-refractivity contribution in [1.82, 2.24) is 10.2 Å². The molecule has 2 aromatic rings. The summed E-state index contributed by atoms with van der Waals surface area (Å²) >= 11 is 0. The summed E-state index contributed by atoms with van der Waals surface area (Å²) in [5.41, 5.74) is 1.83. The largest absolute Gasteiger partial charge is 0.326 e. The van der Waals surface area contributed by atoms with E-state index in [1.165, 1.54) is 6.07 Å². The number of piperidine rings is 1. The number of carbonyl (C=O) groups excluding carboxylic acids is 1. The fourth-order valence-electron chi connectivity index (χ4n) is 3.94. The summed E-state index contributed by atoms with van der Waals surface area (Å²) in [4.78, 5) is 15.0. The van der Waals surface area contributed by atoms with Crippen LogP contribution in [0.25, 0.3) is 5.57 Å². The number of halogens is 2. The van der Waals surface area contributed by atoms with Gasteiger partial charge in [-0.25, -0.2) is 8.78 Å². The maximum absolute atomic E-state index is 14.3. The number of hydrogen-bond acceptors (Lipinski definition) is 2. The molecule has 0 spiro atoms. The molecule has 2 aliphatic rings. The van der Waals surface area contributed by atoms with E-state index >= 15 is 0 Å². The van der Waals surface area contributed by atoms with Crippen molar-refractivity contribution >= 4 is 11.5 Å². The fraction of sp³-hybridized carbons (Fsp3) is 0.318. The van der Waals surface area contributed by atoms with Gasteiger partial charge in [-0.1, -0.05) is 42.8 Å². The molecule has 3 nitrogen and oxygen atoms in total. The average molecular weight is 368 g/mol. The van der Waals surface area contributed by atoms with E-state index in [-0.39, 0.29) is 30.1 Å². The third-order valence-corrected chi connectivity index (χ3v) is 5.34. The molecule has 1 N–H and O–H groups in total. The lowest BCUT2D eigenvalue weighted by atomic mass is 10.0. The summed E-state index contributed by atoms with van der Waals surface area (Å²) in [6, 6.07) is 12.6. The normalized spacial score (nSPS) is 22.6. The van der Waals surface area contributed by atoms with Gasteiger partial charge in [-0.2, -0.15) is 0 Å². The number of benzene rings is 2. The summed E-state index contributed by atoms with van der Waals surface area (Å²) in [6.07, 6.45) is 4.78. The standard InChI is InChI=1S/C22H22F2N2O/c23-17-9-10-19(24)18(13-17)16-12-21(15-6-2-1-3-7-15)26(14-16)22(27)20-8-4-5-11-25-20/h1-3,6-7,9-10,12-13,20-21,25H,4-5,8,11,14H2/t20-,21?/m0/s1. The molecule has 2 aliphatic heterocycles. The van der Waals surface area contributed by atoms with Crippen LogP contribution in [-0.2, 0) is 4.79 Å². The van der Waals surface area contributed by atoms with Gasteiger partial charge in [-0.15, -0.1) is 0 Å². The number of nitrogens with one attached hydrogen (secondary N) is 1. The lowest BCUT2D eigenvalue weighted by molar-refractivity contribution is -0.134. The van der Waals surface area contributed by atoms with Gasteiger partial charge in [0.1, 0.15) is 11.6 Å². The zero-order chi connectivity index (χ0) is 18.8. The summed E-state index contributed by atoms with van der Waals surface area (Å²) in [7, 11) is 0. The zero-order valence-electron chi connectivity index (χ0n) is 15.0. The Balaban J connectivity index is 1.69. The van der Waals surface area contributed by atoms with Crippen LogP contribution in [0.2, 0.25) is 0 Å². The molecule has 0 radical (unpaired) electrons. The number of nitrogens with zero attached hydrogens (tertiary/aromatic N) is 1. The Labute approximate surface area is 157 Å². The molecule has 0 saturated carbocycles. The van der Waals surface area contributed by atoms with Crippen LogP contribution in [0.4, 0.5) is 8.78 Å². The second kappa shape index (κ2) is 7.61. The molecule has 1 amide bonds. The molecule has 0 bridgehead atoms. The van der Waals surface area contributed by atoms with Crippen LogP contribution in [-0.4, -0.2) is 29.9 Å². The van der Waals surface area contributed by atoms with Crippen LogP contribution in [0.1, 0.15) is 36.4 Å². The smallest absolute Gasteiger partial charge is 0.240 e. The van der Waals surface area contributed by atoms with Crippen LogP contribution in [0.5, 0.6) is 0 Å². The van der Waals surface area contributed by atoms with Gasteiger partial charge >= 0.3 is 0 Å². The van der Waals surface area contributed by atoms with Crippen LogP contribution in [0.15, 0.2) is 54.6 Å². The Morgan fingerprint density at radius 1 is 1.07 bits per heavy atom. The summed E-state index contributed by atoms with van der Waals surface area (Å²) in [5.74, 6) is -0.937. The van der Waals surface area contributed by atoms with Crippen molar-refractivity contribution in [2.45, 2.75) is 31.3 Å². The van der Waals surface area contributed by atoms with Crippen LogP contribution < -0.4 is 5.32 Å². The Hall–Kier alpha value is -2.53. The third kappa shape index (κ3) is 3.65. The minimum Gasteiger partial charge on any atom is -0.326 e. The van der Waals surface area contributed by atoms with E-state index in [0.29, 0.717) is 5.57 Å². The van der Waals surface area contributed by atoms with Crippen molar-refractivity contribution in [3.8, 4) is 0 Å². The van der Waals surface area contributed by atoms with Gasteiger partial charge in [0.25, 0.3) is 0 Å². The Kier molecular flexibility index (Phi) is 5.03. The molecule has 2 heterocycles. The van der Waals surface area contributed by atoms with Crippen molar-refractivity contribution in [1.29, 1.82) is 0 Å². The van der Waals surface area contributed by atoms with Gasteiger partial charge in [0.2, 0.25) is 5.91 Å². The third-order valence-electron chi connectivity index (χ3n) is 5.34. The summed E-state index contributed by atoms with van der Waals surface area (Å²) in [6.45, 7) is 1.11. The molecule has 27 heavy (non-hydrogen) atoms. The molecule has 1 unspecified atom stereocenters. The Morgan fingerprint density at radius 3 is 2.63 bits per heavy atom. The van der Waals surface area contributed by atoms with Gasteiger partial charge in [0.15, 0.2) is 0 Å².